The zero-order valence-corrected chi connectivity index (χ0v) is 20.4. The van der Waals surface area contributed by atoms with Gasteiger partial charge in [0.15, 0.2) is 5.43 Å². The molecule has 1 atom stereocenters. The van der Waals surface area contributed by atoms with Crippen LogP contribution in [0.2, 0.25) is 0 Å². The van der Waals surface area contributed by atoms with Gasteiger partial charge in [0.05, 0.1) is 23.1 Å². The summed E-state index contributed by atoms with van der Waals surface area (Å²) in [6.45, 7) is 13.3. The summed E-state index contributed by atoms with van der Waals surface area (Å²) in [5.41, 5.74) is 4.98. The van der Waals surface area contributed by atoms with Gasteiger partial charge < -0.3 is 14.1 Å². The number of fused-ring (bicyclic) bond motifs is 2. The average molecular weight is 448 g/mol. The Labute approximate surface area is 195 Å². The van der Waals surface area contributed by atoms with Crippen LogP contribution in [0.4, 0.5) is 0 Å². The van der Waals surface area contributed by atoms with Crippen molar-refractivity contribution in [1.29, 1.82) is 0 Å². The number of amides is 1. The normalized spacial score (nSPS) is 15.8. The molecule has 0 saturated heterocycles. The third-order valence-electron chi connectivity index (χ3n) is 6.50. The van der Waals surface area contributed by atoms with Crippen LogP contribution in [0.1, 0.15) is 84.4 Å². The highest BCUT2D eigenvalue weighted by molar-refractivity contribution is 5.99. The lowest BCUT2D eigenvalue weighted by Crippen LogP contribution is -2.31. The smallest absolute Gasteiger partial charge is 0.290 e. The molecule has 0 spiro atoms. The lowest BCUT2D eigenvalue weighted by atomic mass is 9.95. The Morgan fingerprint density at radius 3 is 2.30 bits per heavy atom. The summed E-state index contributed by atoms with van der Waals surface area (Å²) >= 11 is 0. The largest absolute Gasteiger partial charge is 0.450 e. The fourth-order valence-corrected chi connectivity index (χ4v) is 4.47. The van der Waals surface area contributed by atoms with Gasteiger partial charge in [-0.1, -0.05) is 38.1 Å². The number of hydrogen-bond acceptors (Lipinski definition) is 4. The number of nitrogens with zero attached hydrogens (tertiary/aromatic N) is 1. The monoisotopic (exact) mass is 447 g/mol. The fraction of sp³-hybridized carbons (Fsp3) is 0.429. The Bertz CT molecular complexity index is 1240. The topological polar surface area (TPSA) is 59.8 Å². The summed E-state index contributed by atoms with van der Waals surface area (Å²) in [5.74, 6) is 0.337. The zero-order valence-electron chi connectivity index (χ0n) is 20.4. The predicted octanol–water partition coefficient (Wildman–Crippen LogP) is 5.89. The summed E-state index contributed by atoms with van der Waals surface area (Å²) in [6, 6.07) is 11.5. The quantitative estimate of drug-likeness (QED) is 0.424. The molecule has 5 heteroatoms. The highest BCUT2D eigenvalue weighted by atomic mass is 16.5. The second kappa shape index (κ2) is 9.14. The van der Waals surface area contributed by atoms with Crippen molar-refractivity contribution in [2.75, 3.05) is 13.2 Å². The van der Waals surface area contributed by atoms with Crippen LogP contribution in [0.25, 0.3) is 11.0 Å². The van der Waals surface area contributed by atoms with Crippen LogP contribution >= 0.6 is 0 Å². The van der Waals surface area contributed by atoms with E-state index in [0.29, 0.717) is 42.0 Å². The van der Waals surface area contributed by atoms with E-state index in [4.69, 9.17) is 9.15 Å². The molecule has 0 bridgehead atoms. The molecule has 2 heterocycles. The van der Waals surface area contributed by atoms with Crippen molar-refractivity contribution in [1.82, 2.24) is 4.90 Å². The van der Waals surface area contributed by atoms with Crippen molar-refractivity contribution in [2.45, 2.75) is 66.0 Å². The maximum atomic E-state index is 13.7. The van der Waals surface area contributed by atoms with Crippen LogP contribution in [-0.2, 0) is 4.74 Å². The Morgan fingerprint density at radius 2 is 1.67 bits per heavy atom. The summed E-state index contributed by atoms with van der Waals surface area (Å²) < 4.78 is 11.8. The number of benzene rings is 2. The first-order valence-electron chi connectivity index (χ1n) is 11.8. The minimum absolute atomic E-state index is 0.124. The van der Waals surface area contributed by atoms with E-state index in [-0.39, 0.29) is 23.2 Å². The van der Waals surface area contributed by atoms with Crippen molar-refractivity contribution < 1.29 is 13.9 Å². The van der Waals surface area contributed by atoms with Crippen molar-refractivity contribution >= 4 is 16.9 Å². The molecule has 0 aliphatic carbocycles. The maximum Gasteiger partial charge on any atom is 0.290 e. The van der Waals surface area contributed by atoms with E-state index >= 15 is 0 Å². The van der Waals surface area contributed by atoms with Crippen LogP contribution < -0.4 is 5.43 Å². The minimum Gasteiger partial charge on any atom is -0.450 e. The molecule has 5 nitrogen and oxygen atoms in total. The van der Waals surface area contributed by atoms with Crippen LogP contribution in [0.3, 0.4) is 0 Å². The van der Waals surface area contributed by atoms with E-state index in [9.17, 15) is 9.59 Å². The number of carbonyl (C=O) groups excluding carboxylic acids is 1. The lowest BCUT2D eigenvalue weighted by Gasteiger charge is -2.25. The van der Waals surface area contributed by atoms with E-state index in [1.807, 2.05) is 52.0 Å². The molecule has 33 heavy (non-hydrogen) atoms. The van der Waals surface area contributed by atoms with Crippen molar-refractivity contribution in [2.24, 2.45) is 0 Å². The summed E-state index contributed by atoms with van der Waals surface area (Å²) in [5, 5.41) is 0.526. The van der Waals surface area contributed by atoms with Gasteiger partial charge in [-0.05, 0) is 74.4 Å². The molecule has 0 fully saturated rings. The summed E-state index contributed by atoms with van der Waals surface area (Å²) in [4.78, 5) is 28.9. The molecular formula is C28H33NO4. The maximum absolute atomic E-state index is 13.7. The molecule has 1 amide bonds. The Kier molecular flexibility index (Phi) is 6.44. The molecule has 1 unspecified atom stereocenters. The van der Waals surface area contributed by atoms with Crippen LogP contribution in [0.5, 0.6) is 0 Å². The van der Waals surface area contributed by atoms with Gasteiger partial charge in [0.2, 0.25) is 5.76 Å². The second-order valence-corrected chi connectivity index (χ2v) is 9.60. The van der Waals surface area contributed by atoms with Gasteiger partial charge in [-0.15, -0.1) is 0 Å². The van der Waals surface area contributed by atoms with Gasteiger partial charge in [0.25, 0.3) is 5.91 Å². The van der Waals surface area contributed by atoms with E-state index in [1.165, 1.54) is 5.56 Å². The van der Waals surface area contributed by atoms with E-state index in [1.54, 1.807) is 4.90 Å². The number of carbonyl (C=O) groups is 1. The fourth-order valence-electron chi connectivity index (χ4n) is 4.47. The molecule has 0 radical (unpaired) electrons. The molecule has 0 saturated carbocycles. The molecule has 3 aromatic rings. The molecule has 1 aliphatic heterocycles. The van der Waals surface area contributed by atoms with Crippen LogP contribution in [0, 0.1) is 13.8 Å². The highest BCUT2D eigenvalue weighted by Gasteiger charge is 2.42. The number of ether oxygens (including phenoxy) is 1. The molecule has 174 valence electrons. The minimum atomic E-state index is -0.463. The molecule has 4 rings (SSSR count). The third kappa shape index (κ3) is 4.34. The first kappa shape index (κ1) is 23.2. The van der Waals surface area contributed by atoms with Crippen molar-refractivity contribution in [3.63, 3.8) is 0 Å². The van der Waals surface area contributed by atoms with E-state index in [0.717, 1.165) is 16.7 Å². The van der Waals surface area contributed by atoms with E-state index < -0.39 is 6.04 Å². The molecule has 1 aliphatic rings. The lowest BCUT2D eigenvalue weighted by molar-refractivity contribution is 0.0593. The average Bonchev–Trinajstić information content (AvgIpc) is 3.04. The van der Waals surface area contributed by atoms with Crippen molar-refractivity contribution in [3.05, 3.63) is 80.2 Å². The predicted molar refractivity (Wildman–Crippen MR) is 131 cm³/mol. The van der Waals surface area contributed by atoms with Gasteiger partial charge in [0, 0.05) is 13.2 Å². The first-order valence-corrected chi connectivity index (χ1v) is 11.8. The first-order chi connectivity index (χ1) is 15.7. The van der Waals surface area contributed by atoms with Gasteiger partial charge in [-0.25, -0.2) is 0 Å². The van der Waals surface area contributed by atoms with Gasteiger partial charge >= 0.3 is 0 Å². The van der Waals surface area contributed by atoms with E-state index in [2.05, 4.69) is 26.0 Å². The molecule has 2 aromatic carbocycles. The van der Waals surface area contributed by atoms with Crippen LogP contribution in [0.15, 0.2) is 45.6 Å². The van der Waals surface area contributed by atoms with Crippen LogP contribution in [-0.4, -0.2) is 30.1 Å². The number of hydrogen-bond donors (Lipinski definition) is 0. The number of aryl methyl sites for hydroxylation is 2. The standard InChI is InChI=1S/C28H33NO4/c1-16(2)20-8-10-21(11-9-20)25-24-26(30)22-14-18(5)19(6)15-23(22)33-27(24)28(31)29(25)12-7-13-32-17(3)4/h8-11,14-17,25H,7,12-13H2,1-6H3. The molecule has 0 N–H and O–H groups in total. The highest BCUT2D eigenvalue weighted by Crippen LogP contribution is 2.38. The molecular weight excluding hydrogens is 414 g/mol. The Balaban J connectivity index is 1.82. The Hall–Kier alpha value is -2.92. The molecule has 1 aromatic heterocycles. The third-order valence-corrected chi connectivity index (χ3v) is 6.50. The number of rotatable bonds is 7. The van der Waals surface area contributed by atoms with Gasteiger partial charge in [0.1, 0.15) is 5.58 Å². The zero-order chi connectivity index (χ0) is 23.9. The van der Waals surface area contributed by atoms with Crippen molar-refractivity contribution in [3.8, 4) is 0 Å². The summed E-state index contributed by atoms with van der Waals surface area (Å²) in [6.07, 6.45) is 0.820. The second-order valence-electron chi connectivity index (χ2n) is 9.60. The van der Waals surface area contributed by atoms with Gasteiger partial charge in [-0.2, -0.15) is 0 Å². The summed E-state index contributed by atoms with van der Waals surface area (Å²) in [7, 11) is 0. The Morgan fingerprint density at radius 1 is 1.00 bits per heavy atom. The van der Waals surface area contributed by atoms with Gasteiger partial charge in [-0.3, -0.25) is 9.59 Å². The SMILES string of the molecule is Cc1cc2oc3c(c(=O)c2cc1C)C(c1ccc(C(C)C)cc1)N(CCCOC(C)C)C3=O.